The Bertz CT molecular complexity index is 511. The van der Waals surface area contributed by atoms with E-state index in [0.717, 1.165) is 38.0 Å². The Balaban J connectivity index is 1.73. The Hall–Kier alpha value is -2.11. The molecule has 1 aromatic rings. The van der Waals surface area contributed by atoms with Crippen LogP contribution < -0.4 is 16.0 Å². The molecule has 0 unspecified atom stereocenters. The van der Waals surface area contributed by atoms with Gasteiger partial charge in [-0.1, -0.05) is 25.3 Å². The summed E-state index contributed by atoms with van der Waals surface area (Å²) >= 11 is 0. The van der Waals surface area contributed by atoms with Crippen molar-refractivity contribution in [2.45, 2.75) is 51.5 Å². The molecule has 1 heterocycles. The molecule has 0 aromatic carbocycles. The third-order valence-corrected chi connectivity index (χ3v) is 4.10. The normalized spacial score (nSPS) is 15.8. The van der Waals surface area contributed by atoms with E-state index in [0.29, 0.717) is 12.0 Å². The maximum absolute atomic E-state index is 12.0. The first-order valence-corrected chi connectivity index (χ1v) is 8.99. The van der Waals surface area contributed by atoms with Crippen molar-refractivity contribution in [3.05, 3.63) is 30.1 Å². The monoisotopic (exact) mass is 331 g/mol. The van der Waals surface area contributed by atoms with Gasteiger partial charge in [-0.25, -0.2) is 4.99 Å². The standard InChI is InChI=1S/C18H29N5O/c1-2-19-18(21-13-11-15-8-6-7-12-20-15)22-14-17(24)23-16-9-4-3-5-10-16/h6-8,12,16H,2-5,9-11,13-14H2,1H3,(H,23,24)(H2,19,21,22). The quantitative estimate of drug-likeness (QED) is 0.524. The minimum absolute atomic E-state index is 0.00355. The Morgan fingerprint density at radius 1 is 1.25 bits per heavy atom. The van der Waals surface area contributed by atoms with Crippen LogP contribution in [0.5, 0.6) is 0 Å². The summed E-state index contributed by atoms with van der Waals surface area (Å²) in [5.74, 6) is 0.677. The van der Waals surface area contributed by atoms with Gasteiger partial charge in [0.2, 0.25) is 5.91 Å². The molecule has 1 aliphatic carbocycles. The van der Waals surface area contributed by atoms with Gasteiger partial charge in [0.1, 0.15) is 6.54 Å². The first-order chi connectivity index (χ1) is 11.8. The fourth-order valence-corrected chi connectivity index (χ4v) is 2.87. The second-order valence-corrected chi connectivity index (χ2v) is 6.10. The summed E-state index contributed by atoms with van der Waals surface area (Å²) in [6.45, 7) is 3.67. The number of aromatic nitrogens is 1. The van der Waals surface area contributed by atoms with Crippen molar-refractivity contribution in [2.24, 2.45) is 4.99 Å². The Morgan fingerprint density at radius 2 is 2.08 bits per heavy atom. The van der Waals surface area contributed by atoms with E-state index in [-0.39, 0.29) is 12.5 Å². The molecule has 2 rings (SSSR count). The highest BCUT2D eigenvalue weighted by Crippen LogP contribution is 2.17. The molecule has 0 atom stereocenters. The maximum Gasteiger partial charge on any atom is 0.242 e. The van der Waals surface area contributed by atoms with Gasteiger partial charge in [-0.2, -0.15) is 0 Å². The van der Waals surface area contributed by atoms with Crippen molar-refractivity contribution in [3.63, 3.8) is 0 Å². The molecule has 0 aliphatic heterocycles. The van der Waals surface area contributed by atoms with Gasteiger partial charge < -0.3 is 16.0 Å². The van der Waals surface area contributed by atoms with E-state index in [2.05, 4.69) is 25.9 Å². The third-order valence-electron chi connectivity index (χ3n) is 4.10. The predicted octanol–water partition coefficient (Wildman–Crippen LogP) is 1.63. The zero-order valence-corrected chi connectivity index (χ0v) is 14.6. The highest BCUT2D eigenvalue weighted by molar-refractivity contribution is 5.85. The van der Waals surface area contributed by atoms with E-state index in [1.165, 1.54) is 19.3 Å². The van der Waals surface area contributed by atoms with Gasteiger partial charge in [0, 0.05) is 37.4 Å². The van der Waals surface area contributed by atoms with Crippen LogP contribution in [0.4, 0.5) is 0 Å². The topological polar surface area (TPSA) is 78.4 Å². The minimum atomic E-state index is 0.00355. The number of amides is 1. The molecular weight excluding hydrogens is 302 g/mol. The highest BCUT2D eigenvalue weighted by Gasteiger charge is 2.15. The summed E-state index contributed by atoms with van der Waals surface area (Å²) in [6, 6.07) is 6.23. The molecule has 1 aromatic heterocycles. The average molecular weight is 331 g/mol. The van der Waals surface area contributed by atoms with E-state index in [9.17, 15) is 4.79 Å². The molecule has 3 N–H and O–H groups in total. The number of aliphatic imine (C=N–C) groups is 1. The van der Waals surface area contributed by atoms with Gasteiger partial charge in [0.25, 0.3) is 0 Å². The minimum Gasteiger partial charge on any atom is -0.357 e. The van der Waals surface area contributed by atoms with Crippen molar-refractivity contribution in [2.75, 3.05) is 19.6 Å². The lowest BCUT2D eigenvalue weighted by molar-refractivity contribution is -0.120. The van der Waals surface area contributed by atoms with Gasteiger partial charge in [-0.15, -0.1) is 0 Å². The number of carbonyl (C=O) groups excluding carboxylic acids is 1. The number of guanidine groups is 1. The van der Waals surface area contributed by atoms with Crippen LogP contribution in [0.2, 0.25) is 0 Å². The molecule has 24 heavy (non-hydrogen) atoms. The van der Waals surface area contributed by atoms with Crippen LogP contribution in [-0.4, -0.2) is 42.5 Å². The number of hydrogen-bond acceptors (Lipinski definition) is 3. The number of nitrogens with zero attached hydrogens (tertiary/aromatic N) is 2. The molecule has 1 amide bonds. The lowest BCUT2D eigenvalue weighted by atomic mass is 9.95. The first kappa shape index (κ1) is 18.2. The number of rotatable bonds is 7. The highest BCUT2D eigenvalue weighted by atomic mass is 16.1. The molecule has 0 bridgehead atoms. The number of pyridine rings is 1. The van der Waals surface area contributed by atoms with Crippen LogP contribution in [-0.2, 0) is 11.2 Å². The summed E-state index contributed by atoms with van der Waals surface area (Å²) in [4.78, 5) is 20.7. The molecule has 1 fully saturated rings. The molecule has 0 radical (unpaired) electrons. The number of hydrogen-bond donors (Lipinski definition) is 3. The molecular formula is C18H29N5O. The van der Waals surface area contributed by atoms with Gasteiger partial charge >= 0.3 is 0 Å². The van der Waals surface area contributed by atoms with Gasteiger partial charge in [-0.05, 0) is 31.9 Å². The second kappa shape index (κ2) is 10.6. The summed E-state index contributed by atoms with van der Waals surface area (Å²) in [5.41, 5.74) is 1.04. The first-order valence-electron chi connectivity index (χ1n) is 8.99. The summed E-state index contributed by atoms with van der Waals surface area (Å²) in [5, 5.41) is 9.50. The predicted molar refractivity (Wildman–Crippen MR) is 96.9 cm³/mol. The molecule has 6 nitrogen and oxygen atoms in total. The van der Waals surface area contributed by atoms with Crippen molar-refractivity contribution >= 4 is 11.9 Å². The zero-order chi connectivity index (χ0) is 17.0. The van der Waals surface area contributed by atoms with E-state index in [1.807, 2.05) is 25.1 Å². The lowest BCUT2D eigenvalue weighted by Crippen LogP contribution is -2.41. The molecule has 0 spiro atoms. The summed E-state index contributed by atoms with van der Waals surface area (Å²) in [7, 11) is 0. The van der Waals surface area contributed by atoms with E-state index >= 15 is 0 Å². The largest absolute Gasteiger partial charge is 0.357 e. The van der Waals surface area contributed by atoms with Gasteiger partial charge in [-0.3, -0.25) is 9.78 Å². The molecule has 1 aliphatic rings. The van der Waals surface area contributed by atoms with E-state index in [4.69, 9.17) is 0 Å². The van der Waals surface area contributed by atoms with Crippen LogP contribution in [0.25, 0.3) is 0 Å². The Labute approximate surface area is 144 Å². The molecule has 1 saturated carbocycles. The number of nitrogens with one attached hydrogen (secondary N) is 3. The smallest absolute Gasteiger partial charge is 0.242 e. The average Bonchev–Trinajstić information content (AvgIpc) is 2.61. The van der Waals surface area contributed by atoms with Crippen molar-refractivity contribution < 1.29 is 4.79 Å². The van der Waals surface area contributed by atoms with Crippen molar-refractivity contribution in [1.29, 1.82) is 0 Å². The Kier molecular flexibility index (Phi) is 8.07. The van der Waals surface area contributed by atoms with E-state index < -0.39 is 0 Å². The van der Waals surface area contributed by atoms with E-state index in [1.54, 1.807) is 6.20 Å². The molecule has 0 saturated heterocycles. The van der Waals surface area contributed by atoms with Crippen LogP contribution in [0, 0.1) is 0 Å². The van der Waals surface area contributed by atoms with Gasteiger partial charge in [0.05, 0.1) is 0 Å². The fraction of sp³-hybridized carbons (Fsp3) is 0.611. The van der Waals surface area contributed by atoms with Crippen LogP contribution >= 0.6 is 0 Å². The fourth-order valence-electron chi connectivity index (χ4n) is 2.87. The zero-order valence-electron chi connectivity index (χ0n) is 14.6. The van der Waals surface area contributed by atoms with Crippen LogP contribution in [0.3, 0.4) is 0 Å². The number of carbonyl (C=O) groups is 1. The lowest BCUT2D eigenvalue weighted by Gasteiger charge is -2.22. The Morgan fingerprint density at radius 3 is 2.79 bits per heavy atom. The van der Waals surface area contributed by atoms with Crippen LogP contribution in [0.1, 0.15) is 44.7 Å². The SMILES string of the molecule is CCNC(=NCC(=O)NC1CCCCC1)NCCc1ccccn1. The van der Waals surface area contributed by atoms with Crippen molar-refractivity contribution in [3.8, 4) is 0 Å². The molecule has 6 heteroatoms. The van der Waals surface area contributed by atoms with Gasteiger partial charge in [0.15, 0.2) is 5.96 Å². The molecule has 132 valence electrons. The van der Waals surface area contributed by atoms with Crippen LogP contribution in [0.15, 0.2) is 29.4 Å². The maximum atomic E-state index is 12.0. The summed E-state index contributed by atoms with van der Waals surface area (Å²) < 4.78 is 0. The summed E-state index contributed by atoms with van der Waals surface area (Å²) in [6.07, 6.45) is 8.52. The van der Waals surface area contributed by atoms with Crippen molar-refractivity contribution in [1.82, 2.24) is 20.9 Å². The third kappa shape index (κ3) is 6.98. The second-order valence-electron chi connectivity index (χ2n) is 6.10.